The molecule has 50 heteroatoms. The molecular weight excluding hydrogens is 1820 g/mol. The summed E-state index contributed by atoms with van der Waals surface area (Å²) in [4.78, 5) is 252. The van der Waals surface area contributed by atoms with Crippen LogP contribution in [0.3, 0.4) is 0 Å². The van der Waals surface area contributed by atoms with Crippen LogP contribution in [0.1, 0.15) is 174 Å². The summed E-state index contributed by atoms with van der Waals surface area (Å²) in [5, 5.41) is 107. The number of nitrogens with two attached hydrogens (primary N) is 5. The summed E-state index contributed by atoms with van der Waals surface area (Å²) in [6, 6.07) is -9.78. The number of aromatic hydroxyl groups is 1. The molecule has 1 aliphatic carbocycles. The minimum atomic E-state index is -2.01. The third-order valence-corrected chi connectivity index (χ3v) is 25.7. The monoisotopic (exact) mass is 1960 g/mol. The quantitative estimate of drug-likeness (QED) is 0.0129. The fourth-order valence-corrected chi connectivity index (χ4v) is 18.5. The third-order valence-electron chi connectivity index (χ3n) is 23.3. The van der Waals surface area contributed by atoms with Gasteiger partial charge in [-0.1, -0.05) is 117 Å². The van der Waals surface area contributed by atoms with E-state index in [-0.39, 0.29) is 177 Å². The Morgan fingerprint density at radius 3 is 1.45 bits per heavy atom. The zero-order valence-corrected chi connectivity index (χ0v) is 79.5. The number of benzene rings is 2. The number of aliphatic hydroxyl groups excluding tert-OH is 1. The molecule has 137 heavy (non-hydrogen) atoms. The van der Waals surface area contributed by atoms with Crippen molar-refractivity contribution in [2.75, 3.05) is 57.4 Å². The SMILES string of the molecule is CC(=O)N[C@@H](CCCNC(=N)N)C(=O)N[C@@H](CCCNC(=N)N)C(=O)N[C@H]1CSSC[C@@H](C(=O)N[C@@H](CCCNC(=N)N)C(=O)N[C@@H](CCCNC(=N)N)C(N)=O)NC(=O)[C@H](C(C)C)NC(=O)[C@@H]2CCCN2C(=O)[C@H](CC(=O)O)NC(=O)[C@H](Cc2ccc(O)cc2)NC(=O)[C@H](CO)NC(=O)[C@H](CC2CCCC2)NC(=O)[C@H](CCc2ccccc2)NC(=O)[C@H](CC(C)C)NC(=O)[C@@H]2CCCN2C1=O. The zero-order valence-electron chi connectivity index (χ0n) is 77.9. The standard InChI is InChI=1S/C87H138N28O20S2/c1-46(2)39-58-74(126)105-57(32-29-49-17-7-6-8-18-49)73(125)106-59(40-50-19-9-10-20-50)76(128)110-62(43-116)77(129)107-60(41-51-27-30-52(118)31-28-51)75(127)109-61(42-67(119)120)82(134)114-37-16-26-66(114)80(132)113-68(47(3)4)81(133)111-63(78(130)104-55(23-13-35-99-86(93)94)71(123)102-53(69(88)121)21-11-33-97-84(89)90)44-136-137-45-64(83(135)115-38-15-25-65(115)79(131)108-58)112-72(124)56(24-14-36-100-87(95)96)103-70(122)54(101-48(5)117)22-12-34-98-85(91)92/h6-8,17-18,27-28,30-31,46-47,50,53-66,68,116,118H,9-16,19-26,29,32-45H2,1-5H3,(H2,88,121)(H,101,117)(H,102,123)(H,103,122)(H,104,130)(H,105,126)(H,106,125)(H,107,129)(H,108,131)(H,109,127)(H,110,128)(H,111,133)(H,112,124)(H,113,132)(H,119,120)(H4,89,90,97)(H4,91,92,98)(H4,93,94,99)(H4,95,96,100)/t53-,54-,55-,56-,57-,58-,59-,60-,61-,62-,63-,64-,65-,66-,68-/m0/s1. The normalized spacial score (nSPS) is 22.7. The van der Waals surface area contributed by atoms with Gasteiger partial charge in [-0.15, -0.1) is 0 Å². The van der Waals surface area contributed by atoms with Crippen molar-refractivity contribution < 1.29 is 96.8 Å². The molecule has 16 amide bonds. The number of phenolic OH excluding ortho intramolecular Hbond substituents is 1. The number of rotatable bonds is 39. The van der Waals surface area contributed by atoms with Gasteiger partial charge < -0.3 is 144 Å². The van der Waals surface area contributed by atoms with E-state index in [0.717, 1.165) is 51.8 Å². The van der Waals surface area contributed by atoms with Crippen molar-refractivity contribution in [3.05, 3.63) is 65.7 Å². The Bertz CT molecular complexity index is 4520. The number of fused-ring (bicyclic) bond motifs is 2. The summed E-state index contributed by atoms with van der Waals surface area (Å²) >= 11 is 0. The number of guanidine groups is 4. The van der Waals surface area contributed by atoms with Crippen molar-refractivity contribution in [3.8, 4) is 5.75 Å². The van der Waals surface area contributed by atoms with Gasteiger partial charge in [0, 0.05) is 64.1 Å². The van der Waals surface area contributed by atoms with Gasteiger partial charge in [0.1, 0.15) is 96.4 Å². The summed E-state index contributed by atoms with van der Waals surface area (Å²) in [6.07, 6.45) is 1.00. The van der Waals surface area contributed by atoms with Crippen LogP contribution in [0.25, 0.3) is 0 Å². The second-order valence-corrected chi connectivity index (χ2v) is 37.7. The number of nitrogens with zero attached hydrogens (tertiary/aromatic N) is 2. The number of phenols is 1. The van der Waals surface area contributed by atoms with E-state index in [0.29, 0.717) is 12.8 Å². The lowest BCUT2D eigenvalue weighted by Crippen LogP contribution is -2.62. The van der Waals surface area contributed by atoms with Gasteiger partial charge in [0.2, 0.25) is 94.5 Å². The molecule has 2 aromatic rings. The summed E-state index contributed by atoms with van der Waals surface area (Å²) in [5.74, 6) is -21.6. The molecule has 34 N–H and O–H groups in total. The molecule has 0 radical (unpaired) electrons. The Morgan fingerprint density at radius 1 is 0.482 bits per heavy atom. The first-order chi connectivity index (χ1) is 65.0. The predicted molar refractivity (Wildman–Crippen MR) is 508 cm³/mol. The molecule has 48 nitrogen and oxygen atoms in total. The number of aliphatic carboxylic acids is 1. The molecule has 3 aliphatic heterocycles. The Morgan fingerprint density at radius 2 is 0.934 bits per heavy atom. The number of amides is 16. The van der Waals surface area contributed by atoms with Gasteiger partial charge in [-0.05, 0) is 144 Å². The van der Waals surface area contributed by atoms with Crippen molar-refractivity contribution in [1.82, 2.24) is 100 Å². The van der Waals surface area contributed by atoms with Crippen LogP contribution in [0, 0.1) is 39.4 Å². The molecule has 2 aromatic carbocycles. The molecular formula is C87H138N28O20S2. The number of hydrogen-bond donors (Lipinski definition) is 29. The van der Waals surface area contributed by atoms with E-state index in [1.54, 1.807) is 44.2 Å². The van der Waals surface area contributed by atoms with E-state index < -0.39 is 240 Å². The van der Waals surface area contributed by atoms with Gasteiger partial charge in [-0.3, -0.25) is 103 Å². The number of hydrogen-bond acceptors (Lipinski definition) is 25. The van der Waals surface area contributed by atoms with Crippen LogP contribution in [0.5, 0.6) is 5.75 Å². The number of aliphatic hydroxyl groups is 1. The number of carbonyl (C=O) groups excluding carboxylic acids is 16. The zero-order chi connectivity index (χ0) is 101. The molecule has 1 saturated carbocycles. The second-order valence-electron chi connectivity index (χ2n) is 35.1. The first-order valence-electron chi connectivity index (χ1n) is 46.0. The smallest absolute Gasteiger partial charge is 0.305 e. The van der Waals surface area contributed by atoms with E-state index in [9.17, 15) is 58.5 Å². The van der Waals surface area contributed by atoms with Gasteiger partial charge >= 0.3 is 5.97 Å². The van der Waals surface area contributed by atoms with E-state index in [1.807, 2.05) is 0 Å². The predicted octanol–water partition coefficient (Wildman–Crippen LogP) is -5.45. The van der Waals surface area contributed by atoms with Crippen LogP contribution >= 0.6 is 21.6 Å². The molecule has 15 atom stereocenters. The van der Waals surface area contributed by atoms with Crippen molar-refractivity contribution in [2.24, 2.45) is 46.4 Å². The number of nitrogens with one attached hydrogen (secondary N) is 21. The molecule has 4 fully saturated rings. The van der Waals surface area contributed by atoms with Gasteiger partial charge in [-0.2, -0.15) is 0 Å². The average molecular weight is 1960 g/mol. The maximum atomic E-state index is 15.9. The Kier molecular flexibility index (Phi) is 47.5. The molecule has 0 spiro atoms. The average Bonchev–Trinajstić information content (AvgIpc) is 1.71. The van der Waals surface area contributed by atoms with E-state index in [2.05, 4.69) is 90.4 Å². The number of primary amides is 1. The first-order valence-corrected chi connectivity index (χ1v) is 48.5. The summed E-state index contributed by atoms with van der Waals surface area (Å²) < 4.78 is 0. The third kappa shape index (κ3) is 39.3. The number of aryl methyl sites for hydroxylation is 1. The Hall–Kier alpha value is -13.0. The minimum absolute atomic E-state index is 0.00327. The maximum absolute atomic E-state index is 15.9. The van der Waals surface area contributed by atoms with Crippen molar-refractivity contribution in [3.63, 3.8) is 0 Å². The van der Waals surface area contributed by atoms with Gasteiger partial charge in [0.25, 0.3) is 0 Å². The van der Waals surface area contributed by atoms with Crippen LogP contribution in [-0.2, 0) is 94.3 Å². The van der Waals surface area contributed by atoms with Gasteiger partial charge in [0.05, 0.1) is 13.0 Å². The molecule has 758 valence electrons. The van der Waals surface area contributed by atoms with Crippen LogP contribution < -0.4 is 119 Å². The number of carboxylic acid groups (broad SMARTS) is 1. The number of carbonyl (C=O) groups is 17. The lowest BCUT2D eigenvalue weighted by atomic mass is 9.96. The van der Waals surface area contributed by atoms with E-state index in [1.165, 1.54) is 43.0 Å². The van der Waals surface area contributed by atoms with Crippen LogP contribution in [-0.4, -0.2) is 297 Å². The fraction of sp³-hybridized carbons (Fsp3) is 0.621. The van der Waals surface area contributed by atoms with Gasteiger partial charge in [0.15, 0.2) is 23.8 Å². The second kappa shape index (κ2) is 57.8. The van der Waals surface area contributed by atoms with Crippen LogP contribution in [0.2, 0.25) is 0 Å². The highest BCUT2D eigenvalue weighted by Gasteiger charge is 2.45. The summed E-state index contributed by atoms with van der Waals surface area (Å²) in [6.45, 7) is 6.29. The van der Waals surface area contributed by atoms with Crippen molar-refractivity contribution in [2.45, 2.75) is 267 Å². The highest BCUT2D eigenvalue weighted by Crippen LogP contribution is 2.31. The molecule has 3 saturated heterocycles. The highest BCUT2D eigenvalue weighted by atomic mass is 33.1. The molecule has 0 bridgehead atoms. The largest absolute Gasteiger partial charge is 0.508 e. The number of carboxylic acids is 1. The molecule has 0 unspecified atom stereocenters. The Labute approximate surface area is 802 Å². The summed E-state index contributed by atoms with van der Waals surface area (Å²) in [7, 11) is 1.63. The lowest BCUT2D eigenvalue weighted by molar-refractivity contribution is -0.146. The topological polar surface area (TPSA) is 787 Å². The van der Waals surface area contributed by atoms with E-state index in [4.69, 9.17) is 50.3 Å². The van der Waals surface area contributed by atoms with Gasteiger partial charge in [-0.25, -0.2) is 0 Å². The molecule has 6 rings (SSSR count). The summed E-state index contributed by atoms with van der Waals surface area (Å²) in [5.41, 5.74) is 29.0. The van der Waals surface area contributed by atoms with Crippen molar-refractivity contribution >= 4 is 146 Å². The van der Waals surface area contributed by atoms with Crippen LogP contribution in [0.15, 0.2) is 54.6 Å². The minimum Gasteiger partial charge on any atom is -0.508 e. The lowest BCUT2D eigenvalue weighted by Gasteiger charge is -2.31. The first kappa shape index (κ1) is 113. The van der Waals surface area contributed by atoms with Crippen LogP contribution in [0.4, 0.5) is 0 Å². The molecule has 3 heterocycles. The highest BCUT2D eigenvalue weighted by molar-refractivity contribution is 8.76. The van der Waals surface area contributed by atoms with E-state index >= 15 is 38.4 Å². The molecule has 0 aromatic heterocycles. The Balaban J connectivity index is 1.53. The fourth-order valence-electron chi connectivity index (χ4n) is 16.2. The van der Waals surface area contributed by atoms with Crippen molar-refractivity contribution in [1.29, 1.82) is 21.6 Å². The maximum Gasteiger partial charge on any atom is 0.305 e. The molecule has 4 aliphatic rings.